The Morgan fingerprint density at radius 1 is 1.35 bits per heavy atom. The molecule has 1 aliphatic heterocycles. The Balaban J connectivity index is 2.08. The van der Waals surface area contributed by atoms with Crippen LogP contribution >= 0.6 is 0 Å². The summed E-state index contributed by atoms with van der Waals surface area (Å²) in [7, 11) is 0. The van der Waals surface area contributed by atoms with Gasteiger partial charge < -0.3 is 4.90 Å². The van der Waals surface area contributed by atoms with Crippen LogP contribution < -0.4 is 5.32 Å². The summed E-state index contributed by atoms with van der Waals surface area (Å²) in [5, 5.41) is 3.04. The summed E-state index contributed by atoms with van der Waals surface area (Å²) >= 11 is 0. The van der Waals surface area contributed by atoms with Crippen molar-refractivity contribution in [3.8, 4) is 0 Å². The molecule has 0 radical (unpaired) electrons. The molecule has 3 nitrogen and oxygen atoms in total. The number of benzene rings is 1. The third-order valence-corrected chi connectivity index (χ3v) is 3.52. The van der Waals surface area contributed by atoms with E-state index in [-0.39, 0.29) is 18.6 Å². The van der Waals surface area contributed by atoms with Crippen LogP contribution in [0, 0.1) is 17.6 Å². The third kappa shape index (κ3) is 3.33. The fourth-order valence-corrected chi connectivity index (χ4v) is 2.44. The largest absolute Gasteiger partial charge is 0.322 e. The molecule has 1 N–H and O–H groups in total. The van der Waals surface area contributed by atoms with Crippen molar-refractivity contribution < 1.29 is 13.6 Å². The molecule has 2 rings (SSSR count). The number of hydrogen-bond donors (Lipinski definition) is 1. The average molecular weight is 282 g/mol. The van der Waals surface area contributed by atoms with Gasteiger partial charge >= 0.3 is 0 Å². The van der Waals surface area contributed by atoms with Gasteiger partial charge in [-0.05, 0) is 36.5 Å². The van der Waals surface area contributed by atoms with E-state index in [9.17, 15) is 13.6 Å². The van der Waals surface area contributed by atoms with Crippen LogP contribution in [0.1, 0.15) is 38.4 Å². The molecule has 1 unspecified atom stereocenters. The topological polar surface area (TPSA) is 32.3 Å². The van der Waals surface area contributed by atoms with Crippen LogP contribution in [0.2, 0.25) is 0 Å². The maximum Gasteiger partial charge on any atom is 0.238 e. The Morgan fingerprint density at radius 3 is 2.75 bits per heavy atom. The minimum atomic E-state index is -0.884. The van der Waals surface area contributed by atoms with E-state index in [1.807, 2.05) is 0 Å². The van der Waals surface area contributed by atoms with Crippen LogP contribution in [0.3, 0.4) is 0 Å². The maximum absolute atomic E-state index is 13.3. The predicted molar refractivity (Wildman–Crippen MR) is 72.9 cm³/mol. The molecular weight excluding hydrogens is 262 g/mol. The summed E-state index contributed by atoms with van der Waals surface area (Å²) in [4.78, 5) is 13.6. The summed E-state index contributed by atoms with van der Waals surface area (Å²) in [6.07, 6.45) is 1.59. The van der Waals surface area contributed by atoms with Gasteiger partial charge in [0.1, 0.15) is 6.17 Å². The van der Waals surface area contributed by atoms with E-state index in [4.69, 9.17) is 0 Å². The highest BCUT2D eigenvalue weighted by atomic mass is 19.2. The molecule has 20 heavy (non-hydrogen) atoms. The molecule has 110 valence electrons. The Labute approximate surface area is 118 Å². The summed E-state index contributed by atoms with van der Waals surface area (Å²) < 4.78 is 26.3. The smallest absolute Gasteiger partial charge is 0.238 e. The van der Waals surface area contributed by atoms with E-state index < -0.39 is 11.6 Å². The highest BCUT2D eigenvalue weighted by molar-refractivity contribution is 5.80. The van der Waals surface area contributed by atoms with Gasteiger partial charge in [0.15, 0.2) is 11.6 Å². The van der Waals surface area contributed by atoms with E-state index >= 15 is 0 Å². The molecule has 1 saturated heterocycles. The van der Waals surface area contributed by atoms with Crippen molar-refractivity contribution in [2.45, 2.75) is 32.9 Å². The van der Waals surface area contributed by atoms with Gasteiger partial charge in [0.2, 0.25) is 5.91 Å². The van der Waals surface area contributed by atoms with E-state index in [2.05, 4.69) is 19.2 Å². The Morgan fingerprint density at radius 2 is 2.10 bits per heavy atom. The van der Waals surface area contributed by atoms with E-state index in [0.29, 0.717) is 18.0 Å². The van der Waals surface area contributed by atoms with Crippen molar-refractivity contribution in [1.82, 2.24) is 10.2 Å². The van der Waals surface area contributed by atoms with Gasteiger partial charge in [-0.15, -0.1) is 0 Å². The zero-order valence-electron chi connectivity index (χ0n) is 11.8. The quantitative estimate of drug-likeness (QED) is 0.900. The van der Waals surface area contributed by atoms with Crippen molar-refractivity contribution in [2.75, 3.05) is 13.1 Å². The number of nitrogens with zero attached hydrogens (tertiary/aromatic N) is 1. The maximum atomic E-state index is 13.3. The van der Waals surface area contributed by atoms with Crippen molar-refractivity contribution in [2.24, 2.45) is 5.92 Å². The molecule has 1 aromatic rings. The fraction of sp³-hybridized carbons (Fsp3) is 0.533. The number of hydrogen-bond acceptors (Lipinski definition) is 2. The number of nitrogens with one attached hydrogen (secondary N) is 1. The minimum Gasteiger partial charge on any atom is -0.322 e. The average Bonchev–Trinajstić information content (AvgIpc) is 2.74. The van der Waals surface area contributed by atoms with Crippen molar-refractivity contribution in [3.63, 3.8) is 0 Å². The molecule has 1 heterocycles. The van der Waals surface area contributed by atoms with Crippen LogP contribution in [0.4, 0.5) is 8.78 Å². The van der Waals surface area contributed by atoms with Gasteiger partial charge in [-0.25, -0.2) is 8.78 Å². The molecule has 1 aromatic carbocycles. The van der Waals surface area contributed by atoms with Gasteiger partial charge in [-0.1, -0.05) is 19.9 Å². The standard InChI is InChI=1S/C15H20F2N2O/c1-10(2)4-3-7-19-14(20)9-18-15(19)11-5-6-12(16)13(17)8-11/h5-6,8,10,15,18H,3-4,7,9H2,1-2H3. The lowest BCUT2D eigenvalue weighted by molar-refractivity contribution is -0.128. The first-order chi connectivity index (χ1) is 9.49. The number of carbonyl (C=O) groups excluding carboxylic acids is 1. The second kappa shape index (κ2) is 6.31. The van der Waals surface area contributed by atoms with Crippen LogP contribution in [0.5, 0.6) is 0 Å². The number of halogens is 2. The lowest BCUT2D eigenvalue weighted by Gasteiger charge is -2.25. The Hall–Kier alpha value is -1.49. The molecule has 1 amide bonds. The first-order valence-electron chi connectivity index (χ1n) is 6.97. The van der Waals surface area contributed by atoms with Crippen molar-refractivity contribution in [3.05, 3.63) is 35.4 Å². The molecule has 5 heteroatoms. The molecular formula is C15H20F2N2O. The van der Waals surface area contributed by atoms with E-state index in [1.54, 1.807) is 4.90 Å². The van der Waals surface area contributed by atoms with Crippen LogP contribution in [0.25, 0.3) is 0 Å². The van der Waals surface area contributed by atoms with Gasteiger partial charge in [0.25, 0.3) is 0 Å². The highest BCUT2D eigenvalue weighted by Gasteiger charge is 2.31. The molecule has 1 atom stereocenters. The van der Waals surface area contributed by atoms with Gasteiger partial charge in [-0.2, -0.15) is 0 Å². The number of amides is 1. The number of carbonyl (C=O) groups is 1. The van der Waals surface area contributed by atoms with Crippen LogP contribution in [-0.4, -0.2) is 23.9 Å². The number of rotatable bonds is 5. The SMILES string of the molecule is CC(C)CCCN1C(=O)CNC1c1ccc(F)c(F)c1. The summed E-state index contributed by atoms with van der Waals surface area (Å²) in [5.41, 5.74) is 0.583. The van der Waals surface area contributed by atoms with E-state index in [1.165, 1.54) is 6.07 Å². The van der Waals surface area contributed by atoms with Crippen LogP contribution in [-0.2, 0) is 4.79 Å². The predicted octanol–water partition coefficient (Wildman–Crippen LogP) is 2.83. The lowest BCUT2D eigenvalue weighted by Crippen LogP contribution is -2.31. The molecule has 0 aromatic heterocycles. The minimum absolute atomic E-state index is 0.00323. The van der Waals surface area contributed by atoms with Crippen LogP contribution in [0.15, 0.2) is 18.2 Å². The zero-order chi connectivity index (χ0) is 14.7. The van der Waals surface area contributed by atoms with Gasteiger partial charge in [-0.3, -0.25) is 10.1 Å². The monoisotopic (exact) mass is 282 g/mol. The lowest BCUT2D eigenvalue weighted by atomic mass is 10.1. The molecule has 1 fully saturated rings. The highest BCUT2D eigenvalue weighted by Crippen LogP contribution is 2.24. The second-order valence-electron chi connectivity index (χ2n) is 5.58. The zero-order valence-corrected chi connectivity index (χ0v) is 11.8. The Bertz CT molecular complexity index is 491. The summed E-state index contributed by atoms with van der Waals surface area (Å²) in [5.74, 6) is -1.17. The molecule has 0 bridgehead atoms. The molecule has 0 aliphatic carbocycles. The molecule has 0 spiro atoms. The summed E-state index contributed by atoms with van der Waals surface area (Å²) in [6.45, 7) is 5.15. The second-order valence-corrected chi connectivity index (χ2v) is 5.58. The van der Waals surface area contributed by atoms with Crippen molar-refractivity contribution >= 4 is 5.91 Å². The Kier molecular flexibility index (Phi) is 4.70. The fourth-order valence-electron chi connectivity index (χ4n) is 2.44. The summed E-state index contributed by atoms with van der Waals surface area (Å²) in [6, 6.07) is 3.77. The van der Waals surface area contributed by atoms with Gasteiger partial charge in [0.05, 0.1) is 6.54 Å². The molecule has 0 saturated carbocycles. The van der Waals surface area contributed by atoms with E-state index in [0.717, 1.165) is 25.0 Å². The van der Waals surface area contributed by atoms with Crippen molar-refractivity contribution in [1.29, 1.82) is 0 Å². The first-order valence-corrected chi connectivity index (χ1v) is 6.97. The molecule has 1 aliphatic rings. The first kappa shape index (κ1) is 14.9. The van der Waals surface area contributed by atoms with Gasteiger partial charge in [0, 0.05) is 6.54 Å². The third-order valence-electron chi connectivity index (χ3n) is 3.52. The normalized spacial score (nSPS) is 19.1.